The lowest BCUT2D eigenvalue weighted by atomic mass is 9.81. The average molecular weight is 265 g/mol. The van der Waals surface area contributed by atoms with E-state index in [1.807, 2.05) is 31.3 Å². The molecule has 1 aliphatic carbocycles. The third-order valence-corrected chi connectivity index (χ3v) is 4.02. The van der Waals surface area contributed by atoms with Gasteiger partial charge in [0.05, 0.1) is 13.2 Å². The second-order valence-electron chi connectivity index (χ2n) is 5.33. The van der Waals surface area contributed by atoms with Crippen molar-refractivity contribution in [3.63, 3.8) is 0 Å². The monoisotopic (exact) mass is 265 g/mol. The molecule has 1 fully saturated rings. The first-order valence-electron chi connectivity index (χ1n) is 6.87. The van der Waals surface area contributed by atoms with Gasteiger partial charge in [0, 0.05) is 12.0 Å². The summed E-state index contributed by atoms with van der Waals surface area (Å²) in [5.74, 6) is 0.793. The molecule has 0 saturated heterocycles. The SMILES string of the molecule is CNC1(CO)CCCC(Oc2cccc(CO)c2)C1. The van der Waals surface area contributed by atoms with E-state index in [2.05, 4.69) is 5.32 Å². The van der Waals surface area contributed by atoms with Crippen molar-refractivity contribution in [2.24, 2.45) is 0 Å². The molecule has 2 rings (SSSR count). The summed E-state index contributed by atoms with van der Waals surface area (Å²) < 4.78 is 5.99. The lowest BCUT2D eigenvalue weighted by Gasteiger charge is -2.39. The van der Waals surface area contributed by atoms with Crippen LogP contribution in [-0.2, 0) is 6.61 Å². The third-order valence-electron chi connectivity index (χ3n) is 4.02. The molecule has 19 heavy (non-hydrogen) atoms. The predicted octanol–water partition coefficient (Wildman–Crippen LogP) is 1.45. The fourth-order valence-electron chi connectivity index (χ4n) is 2.77. The smallest absolute Gasteiger partial charge is 0.120 e. The van der Waals surface area contributed by atoms with E-state index in [0.29, 0.717) is 0 Å². The molecule has 4 heteroatoms. The molecule has 0 aliphatic heterocycles. The highest BCUT2D eigenvalue weighted by molar-refractivity contribution is 5.28. The van der Waals surface area contributed by atoms with Gasteiger partial charge in [0.1, 0.15) is 11.9 Å². The summed E-state index contributed by atoms with van der Waals surface area (Å²) in [6, 6.07) is 7.54. The number of nitrogens with one attached hydrogen (secondary N) is 1. The first kappa shape index (κ1) is 14.3. The summed E-state index contributed by atoms with van der Waals surface area (Å²) in [7, 11) is 1.89. The Morgan fingerprint density at radius 1 is 1.42 bits per heavy atom. The van der Waals surface area contributed by atoms with Gasteiger partial charge in [-0.15, -0.1) is 0 Å². The topological polar surface area (TPSA) is 61.7 Å². The lowest BCUT2D eigenvalue weighted by Crippen LogP contribution is -2.52. The van der Waals surface area contributed by atoms with Crippen molar-refractivity contribution in [1.82, 2.24) is 5.32 Å². The van der Waals surface area contributed by atoms with Gasteiger partial charge < -0.3 is 20.3 Å². The molecule has 1 aromatic carbocycles. The minimum Gasteiger partial charge on any atom is -0.490 e. The highest BCUT2D eigenvalue weighted by atomic mass is 16.5. The van der Waals surface area contributed by atoms with Gasteiger partial charge in [-0.25, -0.2) is 0 Å². The Balaban J connectivity index is 2.02. The summed E-state index contributed by atoms with van der Waals surface area (Å²) in [6.45, 7) is 0.166. The number of hydrogen-bond acceptors (Lipinski definition) is 4. The molecule has 0 amide bonds. The van der Waals surface area contributed by atoms with Crippen molar-refractivity contribution in [3.05, 3.63) is 29.8 Å². The van der Waals surface area contributed by atoms with Crippen LogP contribution in [-0.4, -0.2) is 35.5 Å². The Labute approximate surface area is 114 Å². The fourth-order valence-corrected chi connectivity index (χ4v) is 2.77. The van der Waals surface area contributed by atoms with Crippen molar-refractivity contribution < 1.29 is 14.9 Å². The Hall–Kier alpha value is -1.10. The number of hydrogen-bond donors (Lipinski definition) is 3. The number of rotatable bonds is 5. The second-order valence-corrected chi connectivity index (χ2v) is 5.33. The maximum absolute atomic E-state index is 9.56. The molecular weight excluding hydrogens is 242 g/mol. The van der Waals surface area contributed by atoms with Crippen molar-refractivity contribution in [1.29, 1.82) is 0 Å². The van der Waals surface area contributed by atoms with Gasteiger partial charge in [-0.05, 0) is 44.0 Å². The summed E-state index contributed by atoms with van der Waals surface area (Å²) in [6.07, 6.45) is 3.96. The predicted molar refractivity (Wildman–Crippen MR) is 74.1 cm³/mol. The van der Waals surface area contributed by atoms with Crippen LogP contribution in [0.5, 0.6) is 5.75 Å². The number of likely N-dealkylation sites (N-methyl/N-ethyl adjacent to an activating group) is 1. The molecule has 1 saturated carbocycles. The van der Waals surface area contributed by atoms with E-state index >= 15 is 0 Å². The number of aliphatic hydroxyl groups excluding tert-OH is 2. The number of benzene rings is 1. The first-order valence-corrected chi connectivity index (χ1v) is 6.87. The average Bonchev–Trinajstić information content (AvgIpc) is 2.47. The molecule has 106 valence electrons. The molecule has 1 aliphatic rings. The van der Waals surface area contributed by atoms with Crippen molar-refractivity contribution >= 4 is 0 Å². The van der Waals surface area contributed by atoms with Gasteiger partial charge in [0.2, 0.25) is 0 Å². The number of aliphatic hydroxyl groups is 2. The van der Waals surface area contributed by atoms with E-state index < -0.39 is 0 Å². The van der Waals surface area contributed by atoms with Gasteiger partial charge in [0.25, 0.3) is 0 Å². The van der Waals surface area contributed by atoms with Crippen LogP contribution in [0.2, 0.25) is 0 Å². The first-order chi connectivity index (χ1) is 9.21. The molecule has 0 heterocycles. The highest BCUT2D eigenvalue weighted by Crippen LogP contribution is 2.30. The maximum atomic E-state index is 9.56. The van der Waals surface area contributed by atoms with Crippen molar-refractivity contribution in [3.8, 4) is 5.75 Å². The Morgan fingerprint density at radius 2 is 2.26 bits per heavy atom. The van der Waals surface area contributed by atoms with E-state index in [4.69, 9.17) is 9.84 Å². The summed E-state index contributed by atoms with van der Waals surface area (Å²) >= 11 is 0. The Morgan fingerprint density at radius 3 is 2.95 bits per heavy atom. The molecular formula is C15H23NO3. The van der Waals surface area contributed by atoms with Crippen LogP contribution < -0.4 is 10.1 Å². The molecule has 2 atom stereocenters. The quantitative estimate of drug-likeness (QED) is 0.754. The van der Waals surface area contributed by atoms with Crippen LogP contribution in [0.4, 0.5) is 0 Å². The summed E-state index contributed by atoms with van der Waals surface area (Å²) in [5.41, 5.74) is 0.646. The molecule has 3 N–H and O–H groups in total. The van der Waals surface area contributed by atoms with Gasteiger partial charge >= 0.3 is 0 Å². The minimum atomic E-state index is -0.211. The zero-order chi connectivity index (χ0) is 13.7. The lowest BCUT2D eigenvalue weighted by molar-refractivity contribution is 0.0553. The second kappa shape index (κ2) is 6.37. The molecule has 1 aromatic rings. The van der Waals surface area contributed by atoms with Crippen molar-refractivity contribution in [2.45, 2.75) is 43.9 Å². The van der Waals surface area contributed by atoms with Gasteiger partial charge in [-0.2, -0.15) is 0 Å². The summed E-state index contributed by atoms with van der Waals surface area (Å²) in [4.78, 5) is 0. The largest absolute Gasteiger partial charge is 0.490 e. The zero-order valence-electron chi connectivity index (χ0n) is 11.4. The van der Waals surface area contributed by atoms with Crippen LogP contribution in [0, 0.1) is 0 Å². The molecule has 0 bridgehead atoms. The molecule has 0 radical (unpaired) electrons. The standard InChI is InChI=1S/C15H23NO3/c1-16-15(11-18)7-3-6-14(9-15)19-13-5-2-4-12(8-13)10-17/h2,4-5,8,14,16-18H,3,6-7,9-11H2,1H3. The van der Waals surface area contributed by atoms with Crippen LogP contribution in [0.15, 0.2) is 24.3 Å². The van der Waals surface area contributed by atoms with Gasteiger partial charge in [-0.3, -0.25) is 0 Å². The van der Waals surface area contributed by atoms with Crippen LogP contribution in [0.1, 0.15) is 31.2 Å². The molecule has 2 unspecified atom stereocenters. The van der Waals surface area contributed by atoms with E-state index in [9.17, 15) is 5.11 Å². The van der Waals surface area contributed by atoms with E-state index in [-0.39, 0.29) is 24.9 Å². The van der Waals surface area contributed by atoms with Gasteiger partial charge in [-0.1, -0.05) is 12.1 Å². The van der Waals surface area contributed by atoms with E-state index in [1.165, 1.54) is 0 Å². The molecule has 0 spiro atoms. The zero-order valence-corrected chi connectivity index (χ0v) is 11.4. The summed E-state index contributed by atoms with van der Waals surface area (Å²) in [5, 5.41) is 21.9. The van der Waals surface area contributed by atoms with Gasteiger partial charge in [0.15, 0.2) is 0 Å². The normalized spacial score (nSPS) is 27.2. The fraction of sp³-hybridized carbons (Fsp3) is 0.600. The van der Waals surface area contributed by atoms with Crippen LogP contribution in [0.25, 0.3) is 0 Å². The van der Waals surface area contributed by atoms with Crippen LogP contribution >= 0.6 is 0 Å². The third kappa shape index (κ3) is 3.47. The van der Waals surface area contributed by atoms with E-state index in [0.717, 1.165) is 37.0 Å². The van der Waals surface area contributed by atoms with E-state index in [1.54, 1.807) is 0 Å². The van der Waals surface area contributed by atoms with Crippen LogP contribution in [0.3, 0.4) is 0 Å². The number of ether oxygens (including phenoxy) is 1. The Kier molecular flexibility index (Phi) is 4.80. The van der Waals surface area contributed by atoms with Crippen molar-refractivity contribution in [2.75, 3.05) is 13.7 Å². The molecule has 4 nitrogen and oxygen atoms in total. The maximum Gasteiger partial charge on any atom is 0.120 e. The highest BCUT2D eigenvalue weighted by Gasteiger charge is 2.35. The Bertz CT molecular complexity index is 404. The molecule has 0 aromatic heterocycles. The minimum absolute atomic E-state index is 0.0267.